The largest absolute Gasteiger partial charge is 0.484 e. The first-order chi connectivity index (χ1) is 14.9. The lowest BCUT2D eigenvalue weighted by molar-refractivity contribution is -0.123. The average Bonchev–Trinajstić information content (AvgIpc) is 3.31. The number of aromatic nitrogens is 2. The van der Waals surface area contributed by atoms with Crippen molar-refractivity contribution in [2.75, 3.05) is 6.61 Å². The fraction of sp³-hybridized carbons (Fsp3) is 0.174. The molecule has 4 rings (SSSR count). The number of ether oxygens (including phenoxy) is 1. The number of ketones is 1. The number of aryl methyl sites for hydroxylation is 1. The zero-order valence-electron chi connectivity index (χ0n) is 17.0. The Hall–Kier alpha value is -3.52. The number of imidazole rings is 1. The zero-order valence-corrected chi connectivity index (χ0v) is 17.8. The molecule has 1 amide bonds. The first-order valence-corrected chi connectivity index (χ1v) is 10.5. The van der Waals surface area contributed by atoms with Crippen LogP contribution in [0.2, 0.25) is 0 Å². The lowest BCUT2D eigenvalue weighted by Gasteiger charge is -2.07. The third-order valence-corrected chi connectivity index (χ3v) is 6.03. The first-order valence-electron chi connectivity index (χ1n) is 9.64. The monoisotopic (exact) mass is 437 g/mol. The van der Waals surface area contributed by atoms with Crippen LogP contribution in [-0.4, -0.2) is 27.7 Å². The van der Waals surface area contributed by atoms with Gasteiger partial charge in [0.1, 0.15) is 11.6 Å². The number of hydrogen-bond acceptors (Lipinski definition) is 5. The van der Waals surface area contributed by atoms with Crippen LogP contribution in [0.25, 0.3) is 16.2 Å². The molecule has 0 atom stereocenters. The molecule has 0 saturated heterocycles. The van der Waals surface area contributed by atoms with Gasteiger partial charge >= 0.3 is 0 Å². The zero-order chi connectivity index (χ0) is 22.0. The highest BCUT2D eigenvalue weighted by Gasteiger charge is 2.14. The van der Waals surface area contributed by atoms with E-state index in [1.165, 1.54) is 30.4 Å². The number of thiazole rings is 1. The summed E-state index contributed by atoms with van der Waals surface area (Å²) in [6, 6.07) is 12.9. The van der Waals surface area contributed by atoms with Crippen LogP contribution in [0.1, 0.15) is 27.9 Å². The van der Waals surface area contributed by atoms with Crippen molar-refractivity contribution in [3.8, 4) is 17.0 Å². The first kappa shape index (κ1) is 20.7. The molecule has 8 heteroatoms. The number of nitrogens with zero attached hydrogens (tertiary/aromatic N) is 2. The normalized spacial score (nSPS) is 10.9. The van der Waals surface area contributed by atoms with Crippen LogP contribution >= 0.6 is 11.3 Å². The number of benzene rings is 2. The van der Waals surface area contributed by atoms with E-state index in [0.29, 0.717) is 17.9 Å². The van der Waals surface area contributed by atoms with E-state index < -0.39 is 0 Å². The summed E-state index contributed by atoms with van der Waals surface area (Å²) in [5.41, 5.74) is 3.20. The summed E-state index contributed by atoms with van der Waals surface area (Å²) in [5.74, 6) is -0.0184. The van der Waals surface area contributed by atoms with E-state index in [2.05, 4.69) is 10.3 Å². The minimum atomic E-state index is -0.281. The van der Waals surface area contributed by atoms with E-state index in [4.69, 9.17) is 4.74 Å². The highest BCUT2D eigenvalue weighted by atomic mass is 32.1. The van der Waals surface area contributed by atoms with Gasteiger partial charge in [-0.1, -0.05) is 11.3 Å². The fourth-order valence-electron chi connectivity index (χ4n) is 3.08. The number of carbonyl (C=O) groups is 2. The quantitative estimate of drug-likeness (QED) is 0.435. The Morgan fingerprint density at radius 2 is 1.84 bits per heavy atom. The number of fused-ring (bicyclic) bond motifs is 1. The molecule has 0 aliphatic rings. The van der Waals surface area contributed by atoms with Crippen molar-refractivity contribution in [3.05, 3.63) is 76.7 Å². The molecule has 0 saturated carbocycles. The predicted octanol–water partition coefficient (Wildman–Crippen LogP) is 4.41. The summed E-state index contributed by atoms with van der Waals surface area (Å²) >= 11 is 1.49. The Morgan fingerprint density at radius 3 is 2.48 bits per heavy atom. The molecule has 4 aromatic rings. The molecule has 1 N–H and O–H groups in total. The second-order valence-corrected chi connectivity index (χ2v) is 8.10. The summed E-state index contributed by atoms with van der Waals surface area (Å²) < 4.78 is 20.6. The van der Waals surface area contributed by atoms with Gasteiger partial charge in [-0.3, -0.25) is 14.0 Å². The molecule has 0 radical (unpaired) electrons. The summed E-state index contributed by atoms with van der Waals surface area (Å²) in [5, 5.41) is 2.85. The summed E-state index contributed by atoms with van der Waals surface area (Å²) in [6.07, 6.45) is 1.91. The molecule has 2 aromatic carbocycles. The number of nitrogens with one attached hydrogen (secondary N) is 1. The van der Waals surface area contributed by atoms with E-state index in [1.54, 1.807) is 36.4 Å². The van der Waals surface area contributed by atoms with Gasteiger partial charge in [0.05, 0.1) is 12.2 Å². The Kier molecular flexibility index (Phi) is 5.81. The molecule has 0 aliphatic carbocycles. The number of rotatable bonds is 7. The van der Waals surface area contributed by atoms with E-state index >= 15 is 0 Å². The molecule has 2 aromatic heterocycles. The van der Waals surface area contributed by atoms with Crippen LogP contribution in [0.15, 0.2) is 54.7 Å². The van der Waals surface area contributed by atoms with Crippen LogP contribution in [0.4, 0.5) is 4.39 Å². The minimum Gasteiger partial charge on any atom is -0.484 e. The predicted molar refractivity (Wildman–Crippen MR) is 117 cm³/mol. The number of halogens is 1. The Bertz CT molecular complexity index is 1240. The molecule has 0 unspecified atom stereocenters. The van der Waals surface area contributed by atoms with Gasteiger partial charge in [-0.2, -0.15) is 0 Å². The van der Waals surface area contributed by atoms with E-state index in [-0.39, 0.29) is 24.1 Å². The highest BCUT2D eigenvalue weighted by molar-refractivity contribution is 7.17. The van der Waals surface area contributed by atoms with Gasteiger partial charge in [-0.15, -0.1) is 0 Å². The third-order valence-electron chi connectivity index (χ3n) is 4.87. The molecule has 158 valence electrons. The van der Waals surface area contributed by atoms with Gasteiger partial charge < -0.3 is 10.1 Å². The minimum absolute atomic E-state index is 0.0215. The van der Waals surface area contributed by atoms with Crippen molar-refractivity contribution in [3.63, 3.8) is 0 Å². The Balaban J connectivity index is 1.35. The summed E-state index contributed by atoms with van der Waals surface area (Å²) in [4.78, 5) is 29.9. The van der Waals surface area contributed by atoms with Crippen LogP contribution in [0.3, 0.4) is 0 Å². The molecule has 2 heterocycles. The lowest BCUT2D eigenvalue weighted by Crippen LogP contribution is -2.28. The second-order valence-electron chi connectivity index (χ2n) is 7.04. The van der Waals surface area contributed by atoms with Crippen LogP contribution < -0.4 is 10.1 Å². The molecule has 0 bridgehead atoms. The van der Waals surface area contributed by atoms with E-state index in [1.807, 2.05) is 17.5 Å². The number of Topliss-reactive ketones (excluding diaryl/α,β-unsaturated/α-hetero) is 1. The van der Waals surface area contributed by atoms with Crippen LogP contribution in [-0.2, 0) is 11.3 Å². The topological polar surface area (TPSA) is 72.7 Å². The Morgan fingerprint density at radius 1 is 1.13 bits per heavy atom. The SMILES string of the molecule is CC(=O)c1ccc(OCC(=O)NCc2sc3nc(-c4ccc(F)cc4)cn3c2C)cc1. The van der Waals surface area contributed by atoms with Crippen LogP contribution in [0.5, 0.6) is 5.75 Å². The maximum absolute atomic E-state index is 13.1. The third kappa shape index (κ3) is 4.64. The second kappa shape index (κ2) is 8.69. The van der Waals surface area contributed by atoms with E-state index in [0.717, 1.165) is 26.8 Å². The molecule has 0 aliphatic heterocycles. The summed E-state index contributed by atoms with van der Waals surface area (Å²) in [6.45, 7) is 3.72. The van der Waals surface area contributed by atoms with Crippen LogP contribution in [0, 0.1) is 12.7 Å². The molecule has 6 nitrogen and oxygen atoms in total. The standard InChI is InChI=1S/C23H20FN3O3S/c1-14-21(11-25-22(29)13-30-19-9-5-16(6-10-19)15(2)28)31-23-26-20(12-27(14)23)17-3-7-18(24)8-4-17/h3-10,12H,11,13H2,1-2H3,(H,25,29). The van der Waals surface area contributed by atoms with Crippen molar-refractivity contribution < 1.29 is 18.7 Å². The molecule has 31 heavy (non-hydrogen) atoms. The molecular weight excluding hydrogens is 417 g/mol. The Labute approximate surface area is 182 Å². The van der Waals surface area contributed by atoms with Gasteiger partial charge in [0.25, 0.3) is 5.91 Å². The maximum atomic E-state index is 13.1. The van der Waals surface area contributed by atoms with Gasteiger partial charge in [0.2, 0.25) is 0 Å². The fourth-order valence-corrected chi connectivity index (χ4v) is 4.13. The number of hydrogen-bond donors (Lipinski definition) is 1. The van der Waals surface area contributed by atoms with Gasteiger partial charge in [0, 0.05) is 27.9 Å². The van der Waals surface area contributed by atoms with Gasteiger partial charge in [-0.25, -0.2) is 9.37 Å². The number of carbonyl (C=O) groups excluding carboxylic acids is 2. The van der Waals surface area contributed by atoms with Crippen molar-refractivity contribution in [2.45, 2.75) is 20.4 Å². The maximum Gasteiger partial charge on any atom is 0.258 e. The van der Waals surface area contributed by atoms with Crippen molar-refractivity contribution >= 4 is 28.0 Å². The highest BCUT2D eigenvalue weighted by Crippen LogP contribution is 2.27. The lowest BCUT2D eigenvalue weighted by atomic mass is 10.1. The van der Waals surface area contributed by atoms with Crippen molar-refractivity contribution in [1.29, 1.82) is 0 Å². The average molecular weight is 437 g/mol. The van der Waals surface area contributed by atoms with Gasteiger partial charge in [0.15, 0.2) is 17.4 Å². The smallest absolute Gasteiger partial charge is 0.258 e. The molecule has 0 fully saturated rings. The van der Waals surface area contributed by atoms with Gasteiger partial charge in [-0.05, 0) is 62.4 Å². The number of amides is 1. The van der Waals surface area contributed by atoms with Crippen molar-refractivity contribution in [1.82, 2.24) is 14.7 Å². The molecular formula is C23H20FN3O3S. The van der Waals surface area contributed by atoms with Crippen molar-refractivity contribution in [2.24, 2.45) is 0 Å². The summed E-state index contributed by atoms with van der Waals surface area (Å²) in [7, 11) is 0. The van der Waals surface area contributed by atoms with E-state index in [9.17, 15) is 14.0 Å². The molecule has 0 spiro atoms.